The summed E-state index contributed by atoms with van der Waals surface area (Å²) >= 11 is 0. The number of anilines is 2. The molecule has 0 saturated carbocycles. The number of carbonyl (C=O) groups excluding carboxylic acids is 1. The fraction of sp³-hybridized carbons (Fsp3) is 0.227. The monoisotopic (exact) mass is 391 g/mol. The lowest BCUT2D eigenvalue weighted by Crippen LogP contribution is -2.32. The Hall–Kier alpha value is -3.45. The van der Waals surface area contributed by atoms with E-state index in [1.54, 1.807) is 13.0 Å². The lowest BCUT2D eigenvalue weighted by molar-refractivity contribution is 0.0945. The quantitative estimate of drug-likeness (QED) is 0.611. The highest BCUT2D eigenvalue weighted by Crippen LogP contribution is 2.31. The van der Waals surface area contributed by atoms with Crippen molar-refractivity contribution in [3.63, 3.8) is 0 Å². The van der Waals surface area contributed by atoms with Gasteiger partial charge in [-0.15, -0.1) is 0 Å². The summed E-state index contributed by atoms with van der Waals surface area (Å²) in [7, 11) is 3.91. The molecule has 7 nitrogen and oxygen atoms in total. The van der Waals surface area contributed by atoms with Gasteiger partial charge in [-0.25, -0.2) is 9.97 Å². The van der Waals surface area contributed by atoms with E-state index >= 15 is 0 Å². The number of para-hydroxylation sites is 3. The number of aromatic nitrogens is 2. The number of carbonyl (C=O) groups is 1. The summed E-state index contributed by atoms with van der Waals surface area (Å²) in [5.41, 5.74) is 1.06. The van der Waals surface area contributed by atoms with Crippen molar-refractivity contribution in [2.45, 2.75) is 6.92 Å². The predicted octanol–water partition coefficient (Wildman–Crippen LogP) is 3.61. The second-order valence-electron chi connectivity index (χ2n) is 6.78. The zero-order valence-corrected chi connectivity index (χ0v) is 16.8. The first-order chi connectivity index (χ1) is 14.0. The van der Waals surface area contributed by atoms with Crippen molar-refractivity contribution in [3.05, 3.63) is 72.2 Å². The number of benzene rings is 2. The molecule has 7 heteroatoms. The number of ether oxygens (including phenoxy) is 1. The van der Waals surface area contributed by atoms with E-state index in [0.717, 1.165) is 18.0 Å². The van der Waals surface area contributed by atoms with Gasteiger partial charge >= 0.3 is 0 Å². The van der Waals surface area contributed by atoms with Gasteiger partial charge in [0.15, 0.2) is 5.75 Å². The van der Waals surface area contributed by atoms with Crippen LogP contribution >= 0.6 is 0 Å². The molecule has 29 heavy (non-hydrogen) atoms. The van der Waals surface area contributed by atoms with Gasteiger partial charge in [0.25, 0.3) is 5.91 Å². The largest absolute Gasteiger partial charge is 0.455 e. The first-order valence-electron chi connectivity index (χ1n) is 9.39. The number of likely N-dealkylation sites (N-methyl/N-ethyl adjacent to an activating group) is 1. The van der Waals surface area contributed by atoms with E-state index in [1.807, 2.05) is 73.6 Å². The summed E-state index contributed by atoms with van der Waals surface area (Å²) in [5.74, 6) is 2.20. The number of nitrogens with one attached hydrogen (secondary N) is 2. The molecule has 0 atom stereocenters. The van der Waals surface area contributed by atoms with Gasteiger partial charge in [0.05, 0.1) is 5.69 Å². The van der Waals surface area contributed by atoms with E-state index in [4.69, 9.17) is 4.74 Å². The summed E-state index contributed by atoms with van der Waals surface area (Å²) in [4.78, 5) is 23.1. The third kappa shape index (κ3) is 6.02. The second kappa shape index (κ2) is 9.66. The molecule has 0 aliphatic carbocycles. The van der Waals surface area contributed by atoms with E-state index < -0.39 is 0 Å². The smallest absolute Gasteiger partial charge is 0.270 e. The normalized spacial score (nSPS) is 10.6. The molecule has 0 bridgehead atoms. The molecule has 3 rings (SSSR count). The van der Waals surface area contributed by atoms with Crippen LogP contribution in [-0.2, 0) is 0 Å². The molecule has 150 valence electrons. The highest BCUT2D eigenvalue weighted by Gasteiger charge is 2.12. The van der Waals surface area contributed by atoms with E-state index in [0.29, 0.717) is 29.6 Å². The van der Waals surface area contributed by atoms with Gasteiger partial charge in [-0.05, 0) is 45.3 Å². The zero-order chi connectivity index (χ0) is 20.6. The SMILES string of the molecule is Cc1nc(Nc2ccccc2Oc2ccccc2)cc(C(=O)NCCN(C)C)n1. The van der Waals surface area contributed by atoms with Gasteiger partial charge in [0.1, 0.15) is 23.1 Å². The Bertz CT molecular complexity index is 960. The molecule has 1 amide bonds. The van der Waals surface area contributed by atoms with Crippen molar-refractivity contribution in [3.8, 4) is 11.5 Å². The van der Waals surface area contributed by atoms with Crippen molar-refractivity contribution >= 4 is 17.4 Å². The van der Waals surface area contributed by atoms with Crippen LogP contribution < -0.4 is 15.4 Å². The van der Waals surface area contributed by atoms with E-state index in [1.165, 1.54) is 0 Å². The first kappa shape index (κ1) is 20.3. The number of aryl methyl sites for hydroxylation is 1. The number of rotatable bonds is 8. The molecule has 0 spiro atoms. The number of amides is 1. The lowest BCUT2D eigenvalue weighted by atomic mass is 10.2. The van der Waals surface area contributed by atoms with Crippen LogP contribution in [0.15, 0.2) is 60.7 Å². The molecule has 0 radical (unpaired) electrons. The maximum atomic E-state index is 12.4. The highest BCUT2D eigenvalue weighted by molar-refractivity contribution is 5.93. The first-order valence-corrected chi connectivity index (χ1v) is 9.39. The van der Waals surface area contributed by atoms with Gasteiger partial charge in [0, 0.05) is 19.2 Å². The second-order valence-corrected chi connectivity index (χ2v) is 6.78. The van der Waals surface area contributed by atoms with Crippen LogP contribution in [0.5, 0.6) is 11.5 Å². The van der Waals surface area contributed by atoms with E-state index in [9.17, 15) is 4.79 Å². The molecular weight excluding hydrogens is 366 g/mol. The molecule has 1 heterocycles. The van der Waals surface area contributed by atoms with Crippen LogP contribution in [0.4, 0.5) is 11.5 Å². The van der Waals surface area contributed by atoms with Crippen LogP contribution in [0.25, 0.3) is 0 Å². The zero-order valence-electron chi connectivity index (χ0n) is 16.8. The summed E-state index contributed by atoms with van der Waals surface area (Å²) in [5, 5.41) is 6.11. The van der Waals surface area contributed by atoms with Crippen LogP contribution in [0.3, 0.4) is 0 Å². The third-order valence-corrected chi connectivity index (χ3v) is 4.04. The maximum absolute atomic E-state index is 12.4. The average Bonchev–Trinajstić information content (AvgIpc) is 2.69. The molecule has 0 fully saturated rings. The summed E-state index contributed by atoms with van der Waals surface area (Å²) in [6.45, 7) is 3.06. The summed E-state index contributed by atoms with van der Waals surface area (Å²) < 4.78 is 5.98. The number of nitrogens with zero attached hydrogens (tertiary/aromatic N) is 3. The maximum Gasteiger partial charge on any atom is 0.270 e. The van der Waals surface area contributed by atoms with E-state index in [2.05, 4.69) is 20.6 Å². The Morgan fingerprint density at radius 2 is 1.76 bits per heavy atom. The minimum atomic E-state index is -0.228. The molecule has 2 N–H and O–H groups in total. The minimum Gasteiger partial charge on any atom is -0.455 e. The van der Waals surface area contributed by atoms with Crippen molar-refractivity contribution in [2.75, 3.05) is 32.5 Å². The van der Waals surface area contributed by atoms with Gasteiger partial charge in [-0.2, -0.15) is 0 Å². The van der Waals surface area contributed by atoms with E-state index in [-0.39, 0.29) is 5.91 Å². The van der Waals surface area contributed by atoms with Gasteiger partial charge in [0.2, 0.25) is 0 Å². The van der Waals surface area contributed by atoms with Crippen molar-refractivity contribution < 1.29 is 9.53 Å². The van der Waals surface area contributed by atoms with Crippen LogP contribution in [0, 0.1) is 6.92 Å². The Labute approximate surface area is 170 Å². The van der Waals surface area contributed by atoms with Gasteiger partial charge < -0.3 is 20.3 Å². The Morgan fingerprint density at radius 1 is 1.03 bits per heavy atom. The molecule has 0 aliphatic rings. The fourth-order valence-corrected chi connectivity index (χ4v) is 2.64. The summed E-state index contributed by atoms with van der Waals surface area (Å²) in [6, 6.07) is 18.8. The molecule has 3 aromatic rings. The standard InChI is InChI=1S/C22H25N5O2/c1-16-24-19(22(28)23-13-14-27(2)3)15-21(25-16)26-18-11-7-8-12-20(18)29-17-9-5-4-6-10-17/h4-12,15H,13-14H2,1-3H3,(H,23,28)(H,24,25,26). The van der Waals surface area contributed by atoms with Crippen LogP contribution in [0.2, 0.25) is 0 Å². The van der Waals surface area contributed by atoms with Crippen LogP contribution in [-0.4, -0.2) is 48.0 Å². The average molecular weight is 391 g/mol. The minimum absolute atomic E-state index is 0.228. The van der Waals surface area contributed by atoms with Crippen molar-refractivity contribution in [2.24, 2.45) is 0 Å². The molecule has 0 aliphatic heterocycles. The highest BCUT2D eigenvalue weighted by atomic mass is 16.5. The summed E-state index contributed by atoms with van der Waals surface area (Å²) in [6.07, 6.45) is 0. The fourth-order valence-electron chi connectivity index (χ4n) is 2.64. The predicted molar refractivity (Wildman–Crippen MR) is 114 cm³/mol. The molecule has 0 saturated heterocycles. The Balaban J connectivity index is 1.77. The molecule has 2 aromatic carbocycles. The lowest BCUT2D eigenvalue weighted by Gasteiger charge is -2.14. The Kier molecular flexibility index (Phi) is 6.76. The molecular formula is C22H25N5O2. The number of hydrogen-bond acceptors (Lipinski definition) is 6. The Morgan fingerprint density at radius 3 is 2.52 bits per heavy atom. The van der Waals surface area contributed by atoms with Gasteiger partial charge in [-0.1, -0.05) is 30.3 Å². The van der Waals surface area contributed by atoms with Crippen molar-refractivity contribution in [1.29, 1.82) is 0 Å². The van der Waals surface area contributed by atoms with Crippen molar-refractivity contribution in [1.82, 2.24) is 20.2 Å². The topological polar surface area (TPSA) is 79.4 Å². The van der Waals surface area contributed by atoms with Crippen LogP contribution in [0.1, 0.15) is 16.3 Å². The molecule has 1 aromatic heterocycles. The third-order valence-electron chi connectivity index (χ3n) is 4.04. The number of hydrogen-bond donors (Lipinski definition) is 2. The molecule has 0 unspecified atom stereocenters. The van der Waals surface area contributed by atoms with Gasteiger partial charge in [-0.3, -0.25) is 4.79 Å².